The molecule has 2 N–H and O–H groups in total. The molecule has 0 amide bonds. The summed E-state index contributed by atoms with van der Waals surface area (Å²) in [6.07, 6.45) is 0. The van der Waals surface area contributed by atoms with E-state index in [4.69, 9.17) is 36.1 Å². The average molecular weight is 460 g/mol. The van der Waals surface area contributed by atoms with Gasteiger partial charge in [-0.2, -0.15) is 0 Å². The van der Waals surface area contributed by atoms with Crippen molar-refractivity contribution in [3.63, 3.8) is 0 Å². The van der Waals surface area contributed by atoms with E-state index in [2.05, 4.69) is 5.16 Å². The molecule has 0 saturated carbocycles. The molecule has 3 aromatic rings. The highest BCUT2D eigenvalue weighted by Crippen LogP contribution is 2.28. The van der Waals surface area contributed by atoms with Crippen molar-refractivity contribution in [3.8, 4) is 11.5 Å². The molecule has 0 aliphatic carbocycles. The monoisotopic (exact) mass is 459 g/mol. The summed E-state index contributed by atoms with van der Waals surface area (Å²) < 4.78 is 16.0. The van der Waals surface area contributed by atoms with Gasteiger partial charge in [0.1, 0.15) is 18.1 Å². The molecule has 3 rings (SSSR count). The van der Waals surface area contributed by atoms with Crippen molar-refractivity contribution in [3.05, 3.63) is 86.3 Å². The molecule has 0 aliphatic heterocycles. The van der Waals surface area contributed by atoms with Gasteiger partial charge in [0.2, 0.25) is 5.76 Å². The van der Waals surface area contributed by atoms with Crippen molar-refractivity contribution in [1.82, 2.24) is 0 Å². The van der Waals surface area contributed by atoms with Crippen LogP contribution in [0.15, 0.2) is 58.1 Å². The molecule has 0 bridgehead atoms. The maximum absolute atomic E-state index is 12.2. The van der Waals surface area contributed by atoms with Crippen molar-refractivity contribution in [1.29, 1.82) is 0 Å². The number of amidine groups is 1. The highest BCUT2D eigenvalue weighted by atomic mass is 35.5. The van der Waals surface area contributed by atoms with E-state index in [-0.39, 0.29) is 35.4 Å². The van der Waals surface area contributed by atoms with Crippen LogP contribution in [0.1, 0.15) is 27.4 Å². The molecule has 10 nitrogen and oxygen atoms in total. The van der Waals surface area contributed by atoms with Crippen LogP contribution in [0, 0.1) is 17.0 Å². The molecule has 32 heavy (non-hydrogen) atoms. The summed E-state index contributed by atoms with van der Waals surface area (Å²) in [5.74, 6) is -0.457. The van der Waals surface area contributed by atoms with Gasteiger partial charge in [-0.1, -0.05) is 22.8 Å². The van der Waals surface area contributed by atoms with Crippen molar-refractivity contribution in [2.24, 2.45) is 10.9 Å². The fraction of sp³-hybridized carbons (Fsp3) is 0.143. The second-order valence-corrected chi connectivity index (χ2v) is 6.92. The van der Waals surface area contributed by atoms with E-state index < -0.39 is 10.9 Å². The number of hydrogen-bond donors (Lipinski definition) is 1. The van der Waals surface area contributed by atoms with Crippen molar-refractivity contribution >= 4 is 29.1 Å². The van der Waals surface area contributed by atoms with Gasteiger partial charge >= 0.3 is 11.7 Å². The molecule has 0 atom stereocenters. The lowest BCUT2D eigenvalue weighted by Crippen LogP contribution is -2.16. The SMILES string of the molecule is COc1ccc(Cl)cc1/C(N)=N/OC(=O)c1ccc(COc2ccc(C)cc2[N+](=O)[O-])o1. The zero-order valence-electron chi connectivity index (χ0n) is 17.0. The van der Waals surface area contributed by atoms with Gasteiger partial charge < -0.3 is 24.5 Å². The van der Waals surface area contributed by atoms with Gasteiger partial charge in [-0.15, -0.1) is 0 Å². The van der Waals surface area contributed by atoms with Gasteiger partial charge in [-0.05, 0) is 48.9 Å². The van der Waals surface area contributed by atoms with Crippen molar-refractivity contribution < 1.29 is 28.4 Å². The molecule has 0 radical (unpaired) electrons. The summed E-state index contributed by atoms with van der Waals surface area (Å²) in [6, 6.07) is 12.1. The molecule has 2 aromatic carbocycles. The first-order chi connectivity index (χ1) is 15.3. The Morgan fingerprint density at radius 1 is 1.19 bits per heavy atom. The van der Waals surface area contributed by atoms with Crippen LogP contribution in [-0.2, 0) is 11.4 Å². The number of nitrogens with two attached hydrogens (primary N) is 1. The van der Waals surface area contributed by atoms with E-state index in [9.17, 15) is 14.9 Å². The molecule has 0 aliphatic rings. The minimum atomic E-state index is -0.901. The number of furan rings is 1. The molecular weight excluding hydrogens is 442 g/mol. The summed E-state index contributed by atoms with van der Waals surface area (Å²) in [4.78, 5) is 27.7. The number of nitro benzene ring substituents is 1. The van der Waals surface area contributed by atoms with Crippen LogP contribution < -0.4 is 15.2 Å². The zero-order valence-corrected chi connectivity index (χ0v) is 17.8. The van der Waals surface area contributed by atoms with Crippen LogP contribution in [0.25, 0.3) is 0 Å². The summed E-state index contributed by atoms with van der Waals surface area (Å²) in [6.45, 7) is 1.60. The first-order valence-corrected chi connectivity index (χ1v) is 9.51. The second kappa shape index (κ2) is 9.84. The first kappa shape index (κ1) is 22.6. The van der Waals surface area contributed by atoms with Crippen LogP contribution in [-0.4, -0.2) is 23.8 Å². The highest BCUT2D eigenvalue weighted by Gasteiger charge is 2.18. The lowest BCUT2D eigenvalue weighted by atomic mass is 10.2. The number of carbonyl (C=O) groups is 1. The molecule has 11 heteroatoms. The molecule has 1 aromatic heterocycles. The van der Waals surface area contributed by atoms with E-state index in [0.717, 1.165) is 5.56 Å². The predicted molar refractivity (Wildman–Crippen MR) is 115 cm³/mol. The maximum atomic E-state index is 12.2. The third-order valence-electron chi connectivity index (χ3n) is 4.21. The third-order valence-corrected chi connectivity index (χ3v) is 4.44. The number of ether oxygens (including phenoxy) is 2. The Bertz CT molecular complexity index is 1190. The number of benzene rings is 2. The zero-order chi connectivity index (χ0) is 23.3. The van der Waals surface area contributed by atoms with Crippen LogP contribution in [0.5, 0.6) is 11.5 Å². The van der Waals surface area contributed by atoms with Crippen molar-refractivity contribution in [2.45, 2.75) is 13.5 Å². The van der Waals surface area contributed by atoms with Gasteiger partial charge in [-0.3, -0.25) is 10.1 Å². The number of carbonyl (C=O) groups excluding carboxylic acids is 1. The predicted octanol–water partition coefficient (Wildman–Crippen LogP) is 4.21. The van der Waals surface area contributed by atoms with E-state index in [1.54, 1.807) is 25.1 Å². The Balaban J connectivity index is 1.66. The molecule has 0 unspecified atom stereocenters. The summed E-state index contributed by atoms with van der Waals surface area (Å²) in [5, 5.41) is 15.2. The Kier molecular flexibility index (Phi) is 6.96. The Hall–Kier alpha value is -4.05. The smallest absolute Gasteiger partial charge is 0.400 e. The average Bonchev–Trinajstić information content (AvgIpc) is 3.25. The summed E-state index contributed by atoms with van der Waals surface area (Å²) >= 11 is 5.95. The van der Waals surface area contributed by atoms with Gasteiger partial charge in [0.25, 0.3) is 0 Å². The largest absolute Gasteiger partial charge is 0.496 e. The molecular formula is C21H18ClN3O7. The Morgan fingerprint density at radius 3 is 2.66 bits per heavy atom. The molecule has 0 saturated heterocycles. The summed E-state index contributed by atoms with van der Waals surface area (Å²) in [7, 11) is 1.45. The molecule has 166 valence electrons. The quantitative estimate of drug-likeness (QED) is 0.174. The first-order valence-electron chi connectivity index (χ1n) is 9.13. The van der Waals surface area contributed by atoms with Gasteiger partial charge in [0.15, 0.2) is 11.6 Å². The van der Waals surface area contributed by atoms with Gasteiger partial charge in [0.05, 0.1) is 17.6 Å². The fourth-order valence-electron chi connectivity index (χ4n) is 2.67. The van der Waals surface area contributed by atoms with E-state index >= 15 is 0 Å². The number of aryl methyl sites for hydroxylation is 1. The highest BCUT2D eigenvalue weighted by molar-refractivity contribution is 6.31. The number of hydrogen-bond acceptors (Lipinski definition) is 8. The molecule has 0 fully saturated rings. The number of rotatable bonds is 8. The van der Waals surface area contributed by atoms with Crippen LogP contribution >= 0.6 is 11.6 Å². The van der Waals surface area contributed by atoms with Gasteiger partial charge in [-0.25, -0.2) is 4.79 Å². The van der Waals surface area contributed by atoms with Crippen LogP contribution in [0.4, 0.5) is 5.69 Å². The van der Waals surface area contributed by atoms with Crippen LogP contribution in [0.2, 0.25) is 5.02 Å². The second-order valence-electron chi connectivity index (χ2n) is 6.48. The standard InChI is InChI=1S/C21H18ClN3O7/c1-12-3-6-18(16(9-12)25(27)28)30-11-14-5-8-19(31-14)21(26)32-24-20(23)15-10-13(22)4-7-17(15)29-2/h3-10H,11H2,1-2H3,(H2,23,24). The van der Waals surface area contributed by atoms with Gasteiger partial charge in [0, 0.05) is 11.1 Å². The number of methoxy groups -OCH3 is 1. The fourth-order valence-corrected chi connectivity index (χ4v) is 2.84. The Morgan fingerprint density at radius 2 is 1.94 bits per heavy atom. The van der Waals surface area contributed by atoms with E-state index in [1.165, 1.54) is 37.4 Å². The Labute approximate surface area is 187 Å². The van der Waals surface area contributed by atoms with Crippen LogP contribution in [0.3, 0.4) is 0 Å². The molecule has 1 heterocycles. The topological polar surface area (TPSA) is 139 Å². The summed E-state index contributed by atoms with van der Waals surface area (Å²) in [5.41, 5.74) is 6.77. The normalized spacial score (nSPS) is 11.2. The van der Waals surface area contributed by atoms with E-state index in [1.807, 2.05) is 0 Å². The lowest BCUT2D eigenvalue weighted by Gasteiger charge is -2.07. The van der Waals surface area contributed by atoms with Crippen molar-refractivity contribution in [2.75, 3.05) is 7.11 Å². The lowest BCUT2D eigenvalue weighted by molar-refractivity contribution is -0.386. The van der Waals surface area contributed by atoms with E-state index in [0.29, 0.717) is 16.3 Å². The number of oxime groups is 1. The minimum Gasteiger partial charge on any atom is -0.496 e. The number of nitro groups is 1. The molecule has 0 spiro atoms. The maximum Gasteiger partial charge on any atom is 0.400 e. The minimum absolute atomic E-state index is 0.0777. The number of halogens is 1. The third kappa shape index (κ3) is 5.35. The number of nitrogens with zero attached hydrogens (tertiary/aromatic N) is 2.